The predicted molar refractivity (Wildman–Crippen MR) is 163 cm³/mol. The zero-order chi connectivity index (χ0) is 33.7. The first-order valence-electron chi connectivity index (χ1n) is 12.4. The molecule has 1 aromatic heterocycles. The second-order valence-corrected chi connectivity index (χ2v) is 14.3. The Morgan fingerprint density at radius 2 is 1.82 bits per heavy atom. The van der Waals surface area contributed by atoms with E-state index in [1.807, 2.05) is 0 Å². The van der Waals surface area contributed by atoms with E-state index in [-0.39, 0.29) is 21.3 Å². The second kappa shape index (κ2) is 14.5. The number of carboxylic acids is 1. The molecule has 18 heteroatoms. The zero-order valence-electron chi connectivity index (χ0n) is 23.3. The number of nitrogens with one attached hydrogen (secondary N) is 2. The quantitative estimate of drug-likeness (QED) is 0.0671. The summed E-state index contributed by atoms with van der Waals surface area (Å²) in [7, 11) is -3.97. The number of carbonyl (C=O) groups is 4. The molecule has 240 valence electrons. The monoisotopic (exact) mass is 703 g/mol. The maximum absolute atomic E-state index is 13.5. The molecule has 1 heterocycles. The predicted octanol–water partition coefficient (Wildman–Crippen LogP) is 4.71. The molecule has 11 nitrogen and oxygen atoms in total. The molecule has 3 aromatic rings. The van der Waals surface area contributed by atoms with Crippen LogP contribution in [0.2, 0.25) is 0 Å². The normalized spacial score (nSPS) is 12.3. The number of hydrogen-bond donors (Lipinski definition) is 4. The lowest BCUT2D eigenvalue weighted by molar-refractivity contribution is -0.201. The highest BCUT2D eigenvalue weighted by Crippen LogP contribution is 2.38. The Balaban J connectivity index is 1.75. The Hall–Kier alpha value is -3.87. The number of amidine groups is 1. The fraction of sp³-hybridized carbons (Fsp3) is 0.222. The summed E-state index contributed by atoms with van der Waals surface area (Å²) >= 11 is 2.72. The number of thiophene rings is 1. The van der Waals surface area contributed by atoms with E-state index < -0.39 is 57.3 Å². The van der Waals surface area contributed by atoms with Gasteiger partial charge in [-0.3, -0.25) is 19.8 Å². The van der Waals surface area contributed by atoms with Crippen molar-refractivity contribution in [2.24, 2.45) is 5.73 Å². The molecule has 3 rings (SSSR count). The van der Waals surface area contributed by atoms with Crippen LogP contribution in [-0.4, -0.2) is 66.6 Å². The number of sulfone groups is 1. The molecule has 0 aliphatic carbocycles. The highest BCUT2D eigenvalue weighted by molar-refractivity contribution is 8.01. The molecule has 0 bridgehead atoms. The number of anilines is 1. The average molecular weight is 704 g/mol. The Labute approximate surface area is 267 Å². The van der Waals surface area contributed by atoms with Crippen molar-refractivity contribution >= 4 is 80.0 Å². The Bertz CT molecular complexity index is 1770. The minimum Gasteiger partial charge on any atom is -0.481 e. The number of nitrogens with two attached hydrogens (primary N) is 1. The number of nitrogen functional groups attached to an aromatic ring is 1. The number of esters is 2. The van der Waals surface area contributed by atoms with E-state index in [4.69, 9.17) is 16.2 Å². The number of amides is 1. The SMILES string of the molecule is CSc1sc(C(=N)N)cc1S(=O)(=O)c1cccc(-c2ccc(NC(=O)CSC(CC(=O)O)C(=O)OC(=O)C(F)(F)F)cc2C)c1. The summed E-state index contributed by atoms with van der Waals surface area (Å²) < 4.78 is 68.4. The smallest absolute Gasteiger partial charge is 0.481 e. The first-order valence-corrected chi connectivity index (χ1v) is 17.0. The molecule has 45 heavy (non-hydrogen) atoms. The highest BCUT2D eigenvalue weighted by atomic mass is 32.2. The summed E-state index contributed by atoms with van der Waals surface area (Å²) in [6, 6.07) is 12.3. The number of hydrogen-bond acceptors (Lipinski definition) is 11. The first kappa shape index (κ1) is 35.6. The van der Waals surface area contributed by atoms with Crippen molar-refractivity contribution in [2.75, 3.05) is 17.3 Å². The first-order chi connectivity index (χ1) is 20.9. The summed E-state index contributed by atoms with van der Waals surface area (Å²) in [5.41, 5.74) is 7.67. The van der Waals surface area contributed by atoms with E-state index in [0.717, 1.165) is 11.3 Å². The van der Waals surface area contributed by atoms with Crippen molar-refractivity contribution in [1.29, 1.82) is 5.41 Å². The molecule has 1 unspecified atom stereocenters. The molecule has 0 fully saturated rings. The van der Waals surface area contributed by atoms with Crippen LogP contribution in [0.15, 0.2) is 62.5 Å². The lowest BCUT2D eigenvalue weighted by atomic mass is 10.00. The van der Waals surface area contributed by atoms with Gasteiger partial charge in [0.2, 0.25) is 15.7 Å². The van der Waals surface area contributed by atoms with Gasteiger partial charge < -0.3 is 20.9 Å². The van der Waals surface area contributed by atoms with Crippen LogP contribution in [0.4, 0.5) is 18.9 Å². The topological polar surface area (TPSA) is 194 Å². The molecule has 5 N–H and O–H groups in total. The Morgan fingerprint density at radius 1 is 1.13 bits per heavy atom. The molecule has 2 aromatic carbocycles. The van der Waals surface area contributed by atoms with Crippen molar-refractivity contribution in [3.63, 3.8) is 0 Å². The molecule has 1 amide bonds. The van der Waals surface area contributed by atoms with Crippen LogP contribution < -0.4 is 11.1 Å². The molecular weight excluding hydrogens is 680 g/mol. The molecule has 1 atom stereocenters. The van der Waals surface area contributed by atoms with Gasteiger partial charge in [-0.1, -0.05) is 18.2 Å². The van der Waals surface area contributed by atoms with Gasteiger partial charge >= 0.3 is 24.1 Å². The number of ether oxygens (including phenoxy) is 1. The van der Waals surface area contributed by atoms with E-state index in [1.54, 1.807) is 37.4 Å². The molecule has 0 aliphatic heterocycles. The van der Waals surface area contributed by atoms with Gasteiger partial charge in [-0.2, -0.15) is 13.2 Å². The number of benzene rings is 2. The molecule has 0 saturated carbocycles. The van der Waals surface area contributed by atoms with E-state index in [1.165, 1.54) is 36.0 Å². The largest absolute Gasteiger partial charge is 0.491 e. The Morgan fingerprint density at radius 3 is 2.40 bits per heavy atom. The van der Waals surface area contributed by atoms with Crippen molar-refractivity contribution in [3.05, 3.63) is 59.0 Å². The fourth-order valence-corrected chi connectivity index (χ4v) is 8.57. The molecule has 0 aliphatic rings. The van der Waals surface area contributed by atoms with E-state index in [9.17, 15) is 40.8 Å². The maximum Gasteiger partial charge on any atom is 0.491 e. The lowest BCUT2D eigenvalue weighted by Gasteiger charge is -2.14. The number of rotatable bonds is 12. The van der Waals surface area contributed by atoms with Crippen LogP contribution in [0.25, 0.3) is 11.1 Å². The van der Waals surface area contributed by atoms with Gasteiger partial charge in [-0.15, -0.1) is 34.9 Å². The van der Waals surface area contributed by atoms with Crippen LogP contribution in [0.3, 0.4) is 0 Å². The van der Waals surface area contributed by atoms with Crippen molar-refractivity contribution in [1.82, 2.24) is 0 Å². The number of alkyl halides is 3. The lowest BCUT2D eigenvalue weighted by Crippen LogP contribution is -2.33. The Kier molecular flexibility index (Phi) is 11.5. The van der Waals surface area contributed by atoms with Gasteiger partial charge in [0.1, 0.15) is 11.1 Å². The van der Waals surface area contributed by atoms with Crippen molar-refractivity contribution < 1.29 is 50.6 Å². The van der Waals surface area contributed by atoms with E-state index in [0.29, 0.717) is 37.5 Å². The number of aliphatic carboxylic acids is 1. The maximum atomic E-state index is 13.5. The van der Waals surface area contributed by atoms with Crippen LogP contribution in [0.5, 0.6) is 0 Å². The van der Waals surface area contributed by atoms with E-state index >= 15 is 0 Å². The third kappa shape index (κ3) is 9.09. The minimum absolute atomic E-state index is 0.0170. The summed E-state index contributed by atoms with van der Waals surface area (Å²) in [6.07, 6.45) is -4.74. The van der Waals surface area contributed by atoms with Gasteiger partial charge in [0, 0.05) is 5.69 Å². The molecular formula is C27H24F3N3O8S4. The molecule has 0 spiro atoms. The zero-order valence-corrected chi connectivity index (χ0v) is 26.5. The number of carboxylic acid groups (broad SMARTS) is 1. The summed E-state index contributed by atoms with van der Waals surface area (Å²) in [6.45, 7) is 1.71. The standard InChI is InChI=1S/C27H24F3N3O8S4/c1-13-8-15(33-21(34)12-43-19(11-22(35)36)24(37)41-26(38)27(28,29)30)6-7-17(13)14-4-3-5-16(9-14)45(39,40)20-10-18(23(31)32)44-25(20)42-2/h3-10,19H,11-12H2,1-2H3,(H3,31,32)(H,33,34)(H,35,36). The number of halogens is 3. The summed E-state index contributed by atoms with van der Waals surface area (Å²) in [4.78, 5) is 46.8. The third-order valence-electron chi connectivity index (χ3n) is 5.84. The summed E-state index contributed by atoms with van der Waals surface area (Å²) in [5.74, 6) is -7.63. The second-order valence-electron chi connectivity index (χ2n) is 9.09. The van der Waals surface area contributed by atoms with Gasteiger partial charge in [-0.25, -0.2) is 13.2 Å². The molecule has 0 saturated heterocycles. The molecule has 0 radical (unpaired) electrons. The number of carbonyl (C=O) groups excluding carboxylic acids is 3. The minimum atomic E-state index is -5.47. The van der Waals surface area contributed by atoms with Crippen LogP contribution in [-0.2, 0) is 33.8 Å². The average Bonchev–Trinajstić information content (AvgIpc) is 3.41. The van der Waals surface area contributed by atoms with Crippen LogP contribution in [0.1, 0.15) is 16.9 Å². The highest BCUT2D eigenvalue weighted by Gasteiger charge is 2.43. The van der Waals surface area contributed by atoms with E-state index in [2.05, 4.69) is 10.1 Å². The van der Waals surface area contributed by atoms with Crippen molar-refractivity contribution in [2.45, 2.75) is 38.8 Å². The number of thioether (sulfide) groups is 2. The van der Waals surface area contributed by atoms with Crippen molar-refractivity contribution in [3.8, 4) is 11.1 Å². The van der Waals surface area contributed by atoms with Crippen LogP contribution >= 0.6 is 34.9 Å². The summed E-state index contributed by atoms with van der Waals surface area (Å²) in [5, 5.41) is 17.4. The van der Waals surface area contributed by atoms with Crippen LogP contribution in [0, 0.1) is 12.3 Å². The number of aryl methyl sites for hydroxylation is 1. The van der Waals surface area contributed by atoms with Gasteiger partial charge in [0.15, 0.2) is 0 Å². The van der Waals surface area contributed by atoms with Gasteiger partial charge in [-0.05, 0) is 60.2 Å². The fourth-order valence-electron chi connectivity index (χ4n) is 3.80. The van der Waals surface area contributed by atoms with Gasteiger partial charge in [0.25, 0.3) is 0 Å². The van der Waals surface area contributed by atoms with Gasteiger partial charge in [0.05, 0.1) is 31.1 Å². The third-order valence-corrected chi connectivity index (χ3v) is 11.4.